The zero-order valence-corrected chi connectivity index (χ0v) is 19.2. The highest BCUT2D eigenvalue weighted by molar-refractivity contribution is 7.85. The summed E-state index contributed by atoms with van der Waals surface area (Å²) in [5.74, 6) is 1.22. The van der Waals surface area contributed by atoms with Crippen LogP contribution in [0, 0.1) is 6.92 Å². The number of halogens is 1. The van der Waals surface area contributed by atoms with Gasteiger partial charge in [0.05, 0.1) is 19.1 Å². The Kier molecular flexibility index (Phi) is 7.26. The van der Waals surface area contributed by atoms with Crippen LogP contribution in [0.3, 0.4) is 0 Å². The Balaban J connectivity index is 2.10. The average Bonchev–Trinajstić information content (AvgIpc) is 2.73. The van der Waals surface area contributed by atoms with E-state index in [1.54, 1.807) is 32.4 Å². The summed E-state index contributed by atoms with van der Waals surface area (Å²) in [6, 6.07) is 18.0. The molecule has 0 aromatic heterocycles. The predicted octanol–water partition coefficient (Wildman–Crippen LogP) is 5.68. The normalized spacial score (nSPS) is 12.4. The second-order valence-corrected chi connectivity index (χ2v) is 9.13. The summed E-state index contributed by atoms with van der Waals surface area (Å²) < 4.78 is 44.6. The van der Waals surface area contributed by atoms with E-state index in [1.807, 2.05) is 43.3 Å². The molecule has 0 spiro atoms. The van der Waals surface area contributed by atoms with E-state index in [2.05, 4.69) is 0 Å². The Morgan fingerprint density at radius 1 is 0.935 bits per heavy atom. The van der Waals surface area contributed by atoms with Gasteiger partial charge in [0.2, 0.25) is 0 Å². The Morgan fingerprint density at radius 3 is 2.29 bits per heavy atom. The van der Waals surface area contributed by atoms with Gasteiger partial charge < -0.3 is 9.47 Å². The first-order valence-corrected chi connectivity index (χ1v) is 11.6. The third kappa shape index (κ3) is 5.39. The van der Waals surface area contributed by atoms with Gasteiger partial charge in [0.25, 0.3) is 10.1 Å². The minimum absolute atomic E-state index is 0.0741. The molecule has 1 unspecified atom stereocenters. The quantitative estimate of drug-likeness (QED) is 0.438. The monoisotopic (exact) mass is 460 g/mol. The molecule has 0 aliphatic rings. The standard InChI is InChI=1S/C24H25ClO5S/c1-16-8-13-24(31(26,27)28)17(14-16)9-11-19(20-6-4-5-7-22(20)29-2)21-15-18(25)10-12-23(21)30-3/h4-8,10,12-15,19H,9,11H2,1-3H3,(H,26,27,28). The maximum atomic E-state index is 11.9. The SMILES string of the molecule is COc1ccccc1C(CCc1cc(C)ccc1S(=O)(=O)O)c1cc(Cl)ccc1OC. The molecule has 3 aromatic rings. The molecule has 1 N–H and O–H groups in total. The summed E-state index contributed by atoms with van der Waals surface area (Å²) in [5, 5.41) is 0.574. The van der Waals surface area contributed by atoms with Crippen LogP contribution in [0.15, 0.2) is 65.6 Å². The lowest BCUT2D eigenvalue weighted by Crippen LogP contribution is -2.09. The van der Waals surface area contributed by atoms with Crippen molar-refractivity contribution in [2.24, 2.45) is 0 Å². The minimum atomic E-state index is -4.33. The molecule has 0 saturated heterocycles. The van der Waals surface area contributed by atoms with Crippen LogP contribution in [-0.2, 0) is 16.5 Å². The lowest BCUT2D eigenvalue weighted by molar-refractivity contribution is 0.398. The largest absolute Gasteiger partial charge is 0.496 e. The lowest BCUT2D eigenvalue weighted by Gasteiger charge is -2.23. The molecule has 31 heavy (non-hydrogen) atoms. The second-order valence-electron chi connectivity index (χ2n) is 7.31. The van der Waals surface area contributed by atoms with Gasteiger partial charge in [-0.25, -0.2) is 0 Å². The number of aryl methyl sites for hydroxylation is 2. The topological polar surface area (TPSA) is 72.8 Å². The summed E-state index contributed by atoms with van der Waals surface area (Å²) >= 11 is 6.30. The van der Waals surface area contributed by atoms with Crippen molar-refractivity contribution in [3.63, 3.8) is 0 Å². The zero-order chi connectivity index (χ0) is 22.6. The highest BCUT2D eigenvalue weighted by Gasteiger charge is 2.24. The average molecular weight is 461 g/mol. The number of hydrogen-bond acceptors (Lipinski definition) is 4. The number of rotatable bonds is 8. The van der Waals surface area contributed by atoms with Gasteiger partial charge in [-0.05, 0) is 55.7 Å². The van der Waals surface area contributed by atoms with Crippen LogP contribution in [0.25, 0.3) is 0 Å². The van der Waals surface area contributed by atoms with Crippen LogP contribution < -0.4 is 9.47 Å². The molecule has 0 amide bonds. The predicted molar refractivity (Wildman–Crippen MR) is 122 cm³/mol. The van der Waals surface area contributed by atoms with Gasteiger partial charge in [0, 0.05) is 22.1 Å². The third-order valence-corrected chi connectivity index (χ3v) is 6.47. The van der Waals surface area contributed by atoms with Crippen LogP contribution in [0.4, 0.5) is 0 Å². The maximum absolute atomic E-state index is 11.9. The van der Waals surface area contributed by atoms with Gasteiger partial charge in [0.15, 0.2) is 0 Å². The van der Waals surface area contributed by atoms with Crippen molar-refractivity contribution in [2.45, 2.75) is 30.6 Å². The van der Waals surface area contributed by atoms with E-state index in [0.29, 0.717) is 34.9 Å². The number of para-hydroxylation sites is 1. The van der Waals surface area contributed by atoms with Gasteiger partial charge in [-0.3, -0.25) is 4.55 Å². The van der Waals surface area contributed by atoms with E-state index in [1.165, 1.54) is 6.07 Å². The van der Waals surface area contributed by atoms with Crippen molar-refractivity contribution < 1.29 is 22.4 Å². The van der Waals surface area contributed by atoms with Crippen LogP contribution in [0.1, 0.15) is 34.6 Å². The molecule has 7 heteroatoms. The van der Waals surface area contributed by atoms with E-state index in [-0.39, 0.29) is 10.8 Å². The van der Waals surface area contributed by atoms with E-state index < -0.39 is 10.1 Å². The van der Waals surface area contributed by atoms with Crippen molar-refractivity contribution in [2.75, 3.05) is 14.2 Å². The molecule has 0 bridgehead atoms. The summed E-state index contributed by atoms with van der Waals surface area (Å²) in [7, 11) is -1.12. The van der Waals surface area contributed by atoms with Gasteiger partial charge in [0.1, 0.15) is 11.5 Å². The molecule has 0 aliphatic carbocycles. The smallest absolute Gasteiger partial charge is 0.294 e. The molecule has 1 atom stereocenters. The molecular formula is C24H25ClO5S. The first-order chi connectivity index (χ1) is 14.7. The Hall–Kier alpha value is -2.54. The minimum Gasteiger partial charge on any atom is -0.496 e. The molecule has 3 rings (SSSR count). The molecule has 5 nitrogen and oxygen atoms in total. The Bertz CT molecular complexity index is 1170. The highest BCUT2D eigenvalue weighted by Crippen LogP contribution is 2.40. The molecule has 0 aliphatic heterocycles. The molecule has 0 saturated carbocycles. The van der Waals surface area contributed by atoms with Crippen molar-refractivity contribution in [3.05, 3.63) is 87.9 Å². The highest BCUT2D eigenvalue weighted by atomic mass is 35.5. The van der Waals surface area contributed by atoms with Crippen LogP contribution in [0.5, 0.6) is 11.5 Å². The van der Waals surface area contributed by atoms with Crippen molar-refractivity contribution >= 4 is 21.7 Å². The van der Waals surface area contributed by atoms with E-state index in [9.17, 15) is 13.0 Å². The molecule has 3 aromatic carbocycles. The van der Waals surface area contributed by atoms with Gasteiger partial charge in [-0.1, -0.05) is 47.5 Å². The van der Waals surface area contributed by atoms with Crippen molar-refractivity contribution in [3.8, 4) is 11.5 Å². The molecular weight excluding hydrogens is 436 g/mol. The zero-order valence-electron chi connectivity index (χ0n) is 17.6. The molecule has 164 valence electrons. The Morgan fingerprint density at radius 2 is 1.61 bits per heavy atom. The number of ether oxygens (including phenoxy) is 2. The van der Waals surface area contributed by atoms with E-state index in [0.717, 1.165) is 16.7 Å². The van der Waals surface area contributed by atoms with Gasteiger partial charge >= 0.3 is 0 Å². The number of methoxy groups -OCH3 is 2. The van der Waals surface area contributed by atoms with Gasteiger partial charge in [-0.2, -0.15) is 8.42 Å². The Labute approximate surface area is 188 Å². The lowest BCUT2D eigenvalue weighted by atomic mass is 9.85. The van der Waals surface area contributed by atoms with Crippen LogP contribution >= 0.6 is 11.6 Å². The first-order valence-electron chi connectivity index (χ1n) is 9.78. The maximum Gasteiger partial charge on any atom is 0.294 e. The number of benzene rings is 3. The number of hydrogen-bond donors (Lipinski definition) is 1. The summed E-state index contributed by atoms with van der Waals surface area (Å²) in [4.78, 5) is -0.0741. The third-order valence-electron chi connectivity index (χ3n) is 5.28. The van der Waals surface area contributed by atoms with Gasteiger partial charge in [-0.15, -0.1) is 0 Å². The second kappa shape index (κ2) is 9.73. The van der Waals surface area contributed by atoms with Crippen LogP contribution in [0.2, 0.25) is 5.02 Å². The fraction of sp³-hybridized carbons (Fsp3) is 0.250. The first kappa shape index (κ1) is 23.1. The van der Waals surface area contributed by atoms with E-state index in [4.69, 9.17) is 21.1 Å². The van der Waals surface area contributed by atoms with E-state index >= 15 is 0 Å². The van der Waals surface area contributed by atoms with Crippen molar-refractivity contribution in [1.29, 1.82) is 0 Å². The molecule has 0 radical (unpaired) electrons. The van der Waals surface area contributed by atoms with Crippen LogP contribution in [-0.4, -0.2) is 27.2 Å². The summed E-state index contributed by atoms with van der Waals surface area (Å²) in [6.07, 6.45) is 0.957. The summed E-state index contributed by atoms with van der Waals surface area (Å²) in [5.41, 5.74) is 3.28. The molecule has 0 fully saturated rings. The van der Waals surface area contributed by atoms with Crippen molar-refractivity contribution in [1.82, 2.24) is 0 Å². The summed E-state index contributed by atoms with van der Waals surface area (Å²) in [6.45, 7) is 1.88. The fourth-order valence-corrected chi connectivity index (χ4v) is 4.78. The fourth-order valence-electron chi connectivity index (χ4n) is 3.87. The molecule has 0 heterocycles.